The van der Waals surface area contributed by atoms with Crippen LogP contribution < -0.4 is 5.32 Å². The molecule has 2 heterocycles. The van der Waals surface area contributed by atoms with E-state index in [1.54, 1.807) is 6.08 Å². The van der Waals surface area contributed by atoms with Crippen LogP contribution in [0.2, 0.25) is 0 Å². The molecule has 0 aromatic heterocycles. The highest BCUT2D eigenvalue weighted by atomic mass is 16.5. The Morgan fingerprint density at radius 1 is 1.07 bits per heavy atom. The smallest absolute Gasteiger partial charge is 0.0717 e. The first-order valence-electron chi connectivity index (χ1n) is 12.3. The van der Waals surface area contributed by atoms with Gasteiger partial charge >= 0.3 is 0 Å². The van der Waals surface area contributed by atoms with Crippen molar-refractivity contribution in [2.24, 2.45) is 11.8 Å². The number of allylic oxidation sites excluding steroid dienone is 1. The van der Waals surface area contributed by atoms with E-state index in [9.17, 15) is 0 Å². The van der Waals surface area contributed by atoms with Crippen LogP contribution >= 0.6 is 0 Å². The van der Waals surface area contributed by atoms with Gasteiger partial charge in [-0.25, -0.2) is 0 Å². The zero-order valence-electron chi connectivity index (χ0n) is 19.8. The van der Waals surface area contributed by atoms with Crippen molar-refractivity contribution in [2.75, 3.05) is 26.7 Å². The SMILES string of the molecule is C=CC.CN1CCC[C@@H]1C1CCC(COCc2ccccc2)CC1.C[C@H]1CCCN1. The van der Waals surface area contributed by atoms with Crippen molar-refractivity contribution < 1.29 is 4.74 Å². The molecule has 1 aliphatic carbocycles. The molecule has 170 valence electrons. The molecule has 2 atom stereocenters. The van der Waals surface area contributed by atoms with E-state index in [1.165, 1.54) is 70.0 Å². The first-order valence-corrected chi connectivity index (χ1v) is 12.3. The predicted octanol–water partition coefficient (Wildman–Crippen LogP) is 6.05. The average molecular weight is 415 g/mol. The molecule has 3 fully saturated rings. The van der Waals surface area contributed by atoms with Crippen LogP contribution in [0, 0.1) is 11.8 Å². The van der Waals surface area contributed by atoms with Gasteiger partial charge in [0.2, 0.25) is 0 Å². The van der Waals surface area contributed by atoms with Crippen LogP contribution in [-0.4, -0.2) is 43.7 Å². The number of ether oxygens (including phenoxy) is 1. The fraction of sp³-hybridized carbons (Fsp3) is 0.704. The monoisotopic (exact) mass is 414 g/mol. The van der Waals surface area contributed by atoms with E-state index in [4.69, 9.17) is 4.74 Å². The van der Waals surface area contributed by atoms with Gasteiger partial charge in [-0.1, -0.05) is 36.4 Å². The minimum Gasteiger partial charge on any atom is -0.376 e. The van der Waals surface area contributed by atoms with Crippen LogP contribution in [0.5, 0.6) is 0 Å². The van der Waals surface area contributed by atoms with Gasteiger partial charge in [0, 0.05) is 18.7 Å². The maximum Gasteiger partial charge on any atom is 0.0717 e. The molecular weight excluding hydrogens is 368 g/mol. The fourth-order valence-corrected chi connectivity index (χ4v) is 5.05. The van der Waals surface area contributed by atoms with Crippen molar-refractivity contribution in [1.82, 2.24) is 10.2 Å². The van der Waals surface area contributed by atoms with Gasteiger partial charge in [0.05, 0.1) is 6.61 Å². The largest absolute Gasteiger partial charge is 0.376 e. The molecule has 1 aromatic rings. The summed E-state index contributed by atoms with van der Waals surface area (Å²) in [5.74, 6) is 1.74. The number of likely N-dealkylation sites (tertiary alicyclic amines) is 1. The quantitative estimate of drug-likeness (QED) is 0.593. The lowest BCUT2D eigenvalue weighted by molar-refractivity contribution is 0.0584. The van der Waals surface area contributed by atoms with Crippen LogP contribution in [-0.2, 0) is 11.3 Å². The summed E-state index contributed by atoms with van der Waals surface area (Å²) in [5.41, 5.74) is 1.29. The Bertz CT molecular complexity index is 547. The Balaban J connectivity index is 0.000000298. The predicted molar refractivity (Wildman–Crippen MR) is 130 cm³/mol. The molecule has 0 amide bonds. The average Bonchev–Trinajstić information content (AvgIpc) is 3.41. The topological polar surface area (TPSA) is 24.5 Å². The van der Waals surface area contributed by atoms with Crippen molar-refractivity contribution in [3.8, 4) is 0 Å². The maximum atomic E-state index is 5.93. The van der Waals surface area contributed by atoms with Gasteiger partial charge in [0.15, 0.2) is 0 Å². The van der Waals surface area contributed by atoms with Crippen molar-refractivity contribution in [3.63, 3.8) is 0 Å². The first kappa shape index (κ1) is 25.1. The van der Waals surface area contributed by atoms with Crippen molar-refractivity contribution in [2.45, 2.75) is 83.9 Å². The third-order valence-electron chi connectivity index (χ3n) is 6.78. The molecule has 3 aliphatic rings. The Morgan fingerprint density at radius 2 is 1.77 bits per heavy atom. The number of hydrogen-bond donors (Lipinski definition) is 1. The number of nitrogens with zero attached hydrogens (tertiary/aromatic N) is 1. The van der Waals surface area contributed by atoms with E-state index in [2.05, 4.69) is 61.1 Å². The van der Waals surface area contributed by atoms with Gasteiger partial charge in [0.1, 0.15) is 0 Å². The molecule has 30 heavy (non-hydrogen) atoms. The van der Waals surface area contributed by atoms with Gasteiger partial charge in [-0.2, -0.15) is 0 Å². The van der Waals surface area contributed by atoms with E-state index < -0.39 is 0 Å². The van der Waals surface area contributed by atoms with Gasteiger partial charge in [-0.05, 0) is 103 Å². The lowest BCUT2D eigenvalue weighted by atomic mass is 9.78. The van der Waals surface area contributed by atoms with Crippen molar-refractivity contribution in [1.29, 1.82) is 0 Å². The highest BCUT2D eigenvalue weighted by Gasteiger charge is 2.32. The van der Waals surface area contributed by atoms with Crippen LogP contribution in [0.25, 0.3) is 0 Å². The van der Waals surface area contributed by atoms with Crippen molar-refractivity contribution in [3.05, 3.63) is 48.6 Å². The molecule has 2 saturated heterocycles. The highest BCUT2D eigenvalue weighted by Crippen LogP contribution is 2.36. The molecule has 2 aliphatic heterocycles. The zero-order valence-corrected chi connectivity index (χ0v) is 19.8. The number of nitrogens with one attached hydrogen (secondary N) is 1. The summed E-state index contributed by atoms with van der Waals surface area (Å²) >= 11 is 0. The Labute approximate surface area is 186 Å². The van der Waals surface area contributed by atoms with Gasteiger partial charge in [-0.3, -0.25) is 0 Å². The van der Waals surface area contributed by atoms with Crippen LogP contribution in [0.4, 0.5) is 0 Å². The zero-order chi connectivity index (χ0) is 21.6. The normalized spacial score (nSPS) is 28.8. The minimum absolute atomic E-state index is 0.770. The molecular formula is C27H46N2O. The summed E-state index contributed by atoms with van der Waals surface area (Å²) in [6.45, 7) is 11.7. The lowest BCUT2D eigenvalue weighted by Gasteiger charge is -2.35. The molecule has 0 bridgehead atoms. The third kappa shape index (κ3) is 9.32. The van der Waals surface area contributed by atoms with E-state index in [0.717, 1.165) is 37.1 Å². The highest BCUT2D eigenvalue weighted by molar-refractivity contribution is 5.13. The maximum absolute atomic E-state index is 5.93. The molecule has 0 radical (unpaired) electrons. The van der Waals surface area contributed by atoms with E-state index >= 15 is 0 Å². The molecule has 3 nitrogen and oxygen atoms in total. The number of rotatable bonds is 5. The van der Waals surface area contributed by atoms with Crippen LogP contribution in [0.1, 0.15) is 70.8 Å². The number of hydrogen-bond acceptors (Lipinski definition) is 3. The van der Waals surface area contributed by atoms with E-state index in [-0.39, 0.29) is 0 Å². The molecule has 4 rings (SSSR count). The molecule has 0 unspecified atom stereocenters. The Morgan fingerprint density at radius 3 is 2.27 bits per heavy atom. The molecule has 3 heteroatoms. The lowest BCUT2D eigenvalue weighted by Crippen LogP contribution is -2.35. The molecule has 0 spiro atoms. The second-order valence-electron chi connectivity index (χ2n) is 9.38. The second-order valence-corrected chi connectivity index (χ2v) is 9.38. The van der Waals surface area contributed by atoms with Gasteiger partial charge in [-0.15, -0.1) is 6.58 Å². The second kappa shape index (κ2) is 14.8. The summed E-state index contributed by atoms with van der Waals surface area (Å²) in [7, 11) is 2.31. The number of benzene rings is 1. The van der Waals surface area contributed by atoms with E-state index in [0.29, 0.717) is 0 Å². The Kier molecular flexibility index (Phi) is 12.4. The van der Waals surface area contributed by atoms with Crippen LogP contribution in [0.15, 0.2) is 43.0 Å². The van der Waals surface area contributed by atoms with Crippen LogP contribution in [0.3, 0.4) is 0 Å². The summed E-state index contributed by atoms with van der Waals surface area (Å²) in [4.78, 5) is 2.59. The molecule has 1 aromatic carbocycles. The summed E-state index contributed by atoms with van der Waals surface area (Å²) < 4.78 is 5.93. The first-order chi connectivity index (χ1) is 14.6. The summed E-state index contributed by atoms with van der Waals surface area (Å²) in [6, 6.07) is 12.2. The summed E-state index contributed by atoms with van der Waals surface area (Å²) in [6.07, 6.45) is 12.9. The van der Waals surface area contributed by atoms with Gasteiger partial charge < -0.3 is 15.0 Å². The van der Waals surface area contributed by atoms with Gasteiger partial charge in [0.25, 0.3) is 0 Å². The minimum atomic E-state index is 0.770. The van der Waals surface area contributed by atoms with Crippen molar-refractivity contribution >= 4 is 0 Å². The standard InChI is InChI=1S/C19H29NO.C5H11N.C3H6/c1-20-13-5-8-19(20)18-11-9-17(10-12-18)15-21-14-16-6-3-2-4-7-16;1-5-3-2-4-6-5;1-3-2/h2-4,6-7,17-19H,5,8-15H2,1H3;5-6H,2-4H2,1H3;3H,1H2,2H3/t17?,18?,19-;5-;/m10./s1. The molecule has 1 N–H and O–H groups in total. The summed E-state index contributed by atoms with van der Waals surface area (Å²) in [5, 5.41) is 3.32. The third-order valence-corrected chi connectivity index (χ3v) is 6.78. The van der Waals surface area contributed by atoms with E-state index in [1.807, 2.05) is 6.92 Å². The Hall–Kier alpha value is -1.16. The molecule has 1 saturated carbocycles. The fourth-order valence-electron chi connectivity index (χ4n) is 5.05.